The number of alkyl halides is 3. The first kappa shape index (κ1) is 26.1. The lowest BCUT2D eigenvalue weighted by Crippen LogP contribution is -2.25. The molecule has 37 heavy (non-hydrogen) atoms. The highest BCUT2D eigenvalue weighted by molar-refractivity contribution is 6.03. The number of allylic oxidation sites excluding steroid dienone is 1. The van der Waals surface area contributed by atoms with Crippen LogP contribution in [-0.2, 0) is 30.8 Å². The van der Waals surface area contributed by atoms with Crippen LogP contribution in [0.1, 0.15) is 27.8 Å². The number of Topliss-reactive ketones (excluding diaryl/α,β-unsaturated/α-hetero) is 1. The minimum absolute atomic E-state index is 0.0920. The summed E-state index contributed by atoms with van der Waals surface area (Å²) in [6.07, 6.45) is -3.63. The quantitative estimate of drug-likeness (QED) is 0.209. The van der Waals surface area contributed by atoms with Crippen LogP contribution in [0, 0.1) is 0 Å². The van der Waals surface area contributed by atoms with E-state index >= 15 is 0 Å². The first-order valence-corrected chi connectivity index (χ1v) is 12.1. The molecule has 2 nitrogen and oxygen atoms in total. The minimum atomic E-state index is -4.94. The van der Waals surface area contributed by atoms with Crippen LogP contribution in [0.2, 0.25) is 0 Å². The van der Waals surface area contributed by atoms with Crippen LogP contribution in [0.15, 0.2) is 121 Å². The second-order valence-electron chi connectivity index (χ2n) is 8.97. The standard InChI is InChI=1S/C32H28F3NO/c33-32(34,35)31(37)30(20-25-12-4-1-5-13-25)21-28-18-10-11-19-29(28)24-36(22-26-14-6-2-7-15-26)23-27-16-8-3-9-17-27/h1-19,21H,20,22-24H2/b30-21-. The fourth-order valence-corrected chi connectivity index (χ4v) is 4.29. The fourth-order valence-electron chi connectivity index (χ4n) is 4.29. The van der Waals surface area contributed by atoms with Gasteiger partial charge in [0.15, 0.2) is 0 Å². The van der Waals surface area contributed by atoms with Gasteiger partial charge < -0.3 is 0 Å². The van der Waals surface area contributed by atoms with Crippen LogP contribution in [0.3, 0.4) is 0 Å². The molecule has 4 rings (SSSR count). The van der Waals surface area contributed by atoms with Gasteiger partial charge in [-0.3, -0.25) is 9.69 Å². The highest BCUT2D eigenvalue weighted by Gasteiger charge is 2.40. The average Bonchev–Trinajstić information content (AvgIpc) is 2.90. The number of benzene rings is 4. The Labute approximate surface area is 215 Å². The molecule has 0 radical (unpaired) electrons. The van der Waals surface area contributed by atoms with E-state index in [1.165, 1.54) is 6.08 Å². The molecule has 0 aliphatic carbocycles. The maximum atomic E-state index is 13.5. The van der Waals surface area contributed by atoms with Gasteiger partial charge in [-0.25, -0.2) is 0 Å². The minimum Gasteiger partial charge on any atom is -0.291 e. The monoisotopic (exact) mass is 499 g/mol. The smallest absolute Gasteiger partial charge is 0.291 e. The Morgan fingerprint density at radius 1 is 0.622 bits per heavy atom. The van der Waals surface area contributed by atoms with Crippen molar-refractivity contribution in [3.63, 3.8) is 0 Å². The Morgan fingerprint density at radius 2 is 1.08 bits per heavy atom. The van der Waals surface area contributed by atoms with Gasteiger partial charge in [0.2, 0.25) is 0 Å². The lowest BCUT2D eigenvalue weighted by atomic mass is 9.96. The van der Waals surface area contributed by atoms with Gasteiger partial charge in [0, 0.05) is 31.6 Å². The Hall–Kier alpha value is -3.96. The van der Waals surface area contributed by atoms with E-state index in [2.05, 4.69) is 29.2 Å². The Balaban J connectivity index is 1.67. The van der Waals surface area contributed by atoms with Crippen LogP contribution >= 0.6 is 0 Å². The Morgan fingerprint density at radius 3 is 1.59 bits per heavy atom. The zero-order valence-corrected chi connectivity index (χ0v) is 20.4. The number of halogens is 3. The molecule has 4 aromatic rings. The second kappa shape index (κ2) is 12.3. The molecule has 0 aliphatic rings. The molecule has 0 amide bonds. The van der Waals surface area contributed by atoms with Crippen molar-refractivity contribution < 1.29 is 18.0 Å². The van der Waals surface area contributed by atoms with E-state index in [1.807, 2.05) is 48.5 Å². The number of hydrogen-bond donors (Lipinski definition) is 0. The average molecular weight is 500 g/mol. The zero-order valence-electron chi connectivity index (χ0n) is 20.4. The van der Waals surface area contributed by atoms with Gasteiger partial charge in [-0.15, -0.1) is 0 Å². The third-order valence-corrected chi connectivity index (χ3v) is 6.06. The first-order valence-electron chi connectivity index (χ1n) is 12.1. The SMILES string of the molecule is O=C(/C(=C\c1ccccc1CN(Cc1ccccc1)Cc1ccccc1)Cc1ccccc1)C(F)(F)F. The molecule has 188 valence electrons. The van der Waals surface area contributed by atoms with E-state index < -0.39 is 12.0 Å². The number of rotatable bonds is 10. The number of carbonyl (C=O) groups excluding carboxylic acids is 1. The van der Waals surface area contributed by atoms with E-state index in [1.54, 1.807) is 42.5 Å². The summed E-state index contributed by atoms with van der Waals surface area (Å²) in [6.45, 7) is 1.85. The van der Waals surface area contributed by atoms with Crippen LogP contribution in [0.5, 0.6) is 0 Å². The molecule has 0 unspecified atom stereocenters. The first-order chi connectivity index (χ1) is 17.9. The fraction of sp³-hybridized carbons (Fsp3) is 0.156. The molecule has 0 aromatic heterocycles. The molecular formula is C32H28F3NO. The molecule has 0 saturated carbocycles. The summed E-state index contributed by atoms with van der Waals surface area (Å²) in [7, 11) is 0. The third kappa shape index (κ3) is 7.76. The lowest BCUT2D eigenvalue weighted by Gasteiger charge is -2.24. The summed E-state index contributed by atoms with van der Waals surface area (Å²) in [5, 5.41) is 0. The molecule has 0 bridgehead atoms. The summed E-state index contributed by atoms with van der Waals surface area (Å²) >= 11 is 0. The van der Waals surface area contributed by atoms with Crippen LogP contribution in [0.4, 0.5) is 13.2 Å². The number of ketones is 1. The largest absolute Gasteiger partial charge is 0.454 e. The summed E-state index contributed by atoms with van der Waals surface area (Å²) in [4.78, 5) is 14.6. The molecule has 0 N–H and O–H groups in total. The summed E-state index contributed by atoms with van der Waals surface area (Å²) < 4.78 is 40.5. The van der Waals surface area contributed by atoms with E-state index in [4.69, 9.17) is 0 Å². The van der Waals surface area contributed by atoms with Gasteiger partial charge in [-0.2, -0.15) is 13.2 Å². The molecule has 5 heteroatoms. The molecule has 0 saturated heterocycles. The highest BCUT2D eigenvalue weighted by Crippen LogP contribution is 2.26. The van der Waals surface area contributed by atoms with Crippen molar-refractivity contribution >= 4 is 11.9 Å². The highest BCUT2D eigenvalue weighted by atomic mass is 19.4. The Kier molecular flexibility index (Phi) is 8.70. The summed E-state index contributed by atoms with van der Waals surface area (Å²) in [5.74, 6) is -1.81. The number of hydrogen-bond acceptors (Lipinski definition) is 2. The van der Waals surface area contributed by atoms with Gasteiger partial charge in [-0.1, -0.05) is 115 Å². The Bertz CT molecular complexity index is 1280. The van der Waals surface area contributed by atoms with E-state index in [-0.39, 0.29) is 12.0 Å². The van der Waals surface area contributed by atoms with Gasteiger partial charge >= 0.3 is 6.18 Å². The molecule has 0 aliphatic heterocycles. The topological polar surface area (TPSA) is 20.3 Å². The predicted octanol–water partition coefficient (Wildman–Crippen LogP) is 7.65. The summed E-state index contributed by atoms with van der Waals surface area (Å²) in [6, 6.07) is 36.2. The van der Waals surface area contributed by atoms with Crippen molar-refractivity contribution in [1.82, 2.24) is 4.90 Å². The van der Waals surface area contributed by atoms with E-state index in [9.17, 15) is 18.0 Å². The number of carbonyl (C=O) groups is 1. The van der Waals surface area contributed by atoms with Gasteiger partial charge in [-0.05, 0) is 33.9 Å². The van der Waals surface area contributed by atoms with E-state index in [0.717, 1.165) is 16.7 Å². The molecule has 0 fully saturated rings. The number of nitrogens with zero attached hydrogens (tertiary/aromatic N) is 1. The molecule has 4 aromatic carbocycles. The third-order valence-electron chi connectivity index (χ3n) is 6.06. The maximum absolute atomic E-state index is 13.5. The second-order valence-corrected chi connectivity index (χ2v) is 8.97. The molecular weight excluding hydrogens is 471 g/mol. The van der Waals surface area contributed by atoms with Crippen molar-refractivity contribution in [2.75, 3.05) is 0 Å². The van der Waals surface area contributed by atoms with Crippen LogP contribution < -0.4 is 0 Å². The van der Waals surface area contributed by atoms with Crippen LogP contribution in [0.25, 0.3) is 6.08 Å². The van der Waals surface area contributed by atoms with Crippen molar-refractivity contribution in [3.8, 4) is 0 Å². The maximum Gasteiger partial charge on any atom is 0.454 e. The summed E-state index contributed by atoms with van der Waals surface area (Å²) in [5.41, 5.74) is 4.13. The van der Waals surface area contributed by atoms with Gasteiger partial charge in [0.25, 0.3) is 5.78 Å². The van der Waals surface area contributed by atoms with Gasteiger partial charge in [0.1, 0.15) is 0 Å². The predicted molar refractivity (Wildman–Crippen MR) is 141 cm³/mol. The van der Waals surface area contributed by atoms with E-state index in [0.29, 0.717) is 30.8 Å². The zero-order chi connectivity index (χ0) is 26.1. The van der Waals surface area contributed by atoms with Crippen molar-refractivity contribution in [3.05, 3.63) is 149 Å². The van der Waals surface area contributed by atoms with Crippen molar-refractivity contribution in [2.45, 2.75) is 32.2 Å². The van der Waals surface area contributed by atoms with Gasteiger partial charge in [0.05, 0.1) is 0 Å². The normalized spacial score (nSPS) is 12.1. The molecule has 0 heterocycles. The van der Waals surface area contributed by atoms with Crippen molar-refractivity contribution in [1.29, 1.82) is 0 Å². The molecule has 0 atom stereocenters. The van der Waals surface area contributed by atoms with Crippen LogP contribution in [-0.4, -0.2) is 16.9 Å². The lowest BCUT2D eigenvalue weighted by molar-refractivity contribution is -0.166. The molecule has 0 spiro atoms. The van der Waals surface area contributed by atoms with Crippen molar-refractivity contribution in [2.24, 2.45) is 0 Å².